The van der Waals surface area contributed by atoms with Gasteiger partial charge in [0, 0.05) is 13.5 Å². The van der Waals surface area contributed by atoms with Crippen LogP contribution in [0.15, 0.2) is 6.20 Å². The standard InChI is InChI=1S/C8H10ClN5O/c1-15-3-2-6-5(10)4-11-8-12-7(9)13-14(6)8/h4H,2-3,10H2,1H3. The molecule has 0 fully saturated rings. The second-order valence-electron chi connectivity index (χ2n) is 3.00. The van der Waals surface area contributed by atoms with E-state index in [1.807, 2.05) is 0 Å². The highest BCUT2D eigenvalue weighted by atomic mass is 35.5. The Morgan fingerprint density at radius 3 is 3.13 bits per heavy atom. The highest BCUT2D eigenvalue weighted by Gasteiger charge is 2.09. The number of fused-ring (bicyclic) bond motifs is 1. The van der Waals surface area contributed by atoms with Gasteiger partial charge in [0.25, 0.3) is 5.78 Å². The number of aromatic nitrogens is 4. The Bertz CT molecular complexity index is 483. The molecular formula is C8H10ClN5O. The van der Waals surface area contributed by atoms with Gasteiger partial charge in [0.05, 0.1) is 24.2 Å². The summed E-state index contributed by atoms with van der Waals surface area (Å²) in [4.78, 5) is 7.94. The second-order valence-corrected chi connectivity index (χ2v) is 3.33. The van der Waals surface area contributed by atoms with Crippen LogP contribution >= 0.6 is 11.6 Å². The van der Waals surface area contributed by atoms with Gasteiger partial charge in [-0.25, -0.2) is 4.98 Å². The van der Waals surface area contributed by atoms with Crippen LogP contribution < -0.4 is 5.73 Å². The molecule has 0 radical (unpaired) electrons. The molecule has 7 heteroatoms. The molecule has 2 rings (SSSR count). The molecule has 2 N–H and O–H groups in total. The van der Waals surface area contributed by atoms with Gasteiger partial charge in [-0.3, -0.25) is 0 Å². The van der Waals surface area contributed by atoms with Crippen molar-refractivity contribution in [1.82, 2.24) is 19.6 Å². The summed E-state index contributed by atoms with van der Waals surface area (Å²) in [5.74, 6) is 0.445. The Kier molecular flexibility index (Phi) is 2.70. The Balaban J connectivity index is 2.52. The molecule has 15 heavy (non-hydrogen) atoms. The van der Waals surface area contributed by atoms with Crippen LogP contribution in [0.3, 0.4) is 0 Å². The summed E-state index contributed by atoms with van der Waals surface area (Å²) in [7, 11) is 1.63. The van der Waals surface area contributed by atoms with Gasteiger partial charge in [0.15, 0.2) is 0 Å². The quantitative estimate of drug-likeness (QED) is 0.829. The predicted octanol–water partition coefficient (Wildman–Crippen LogP) is 0.549. The van der Waals surface area contributed by atoms with Crippen LogP contribution in [0.4, 0.5) is 5.69 Å². The van der Waals surface area contributed by atoms with Crippen LogP contribution in [0.25, 0.3) is 5.78 Å². The zero-order chi connectivity index (χ0) is 10.8. The lowest BCUT2D eigenvalue weighted by Crippen LogP contribution is -2.08. The molecule has 0 saturated heterocycles. The number of hydrogen-bond acceptors (Lipinski definition) is 5. The first-order valence-corrected chi connectivity index (χ1v) is 4.74. The summed E-state index contributed by atoms with van der Waals surface area (Å²) < 4.78 is 6.52. The number of anilines is 1. The van der Waals surface area contributed by atoms with E-state index in [2.05, 4.69) is 15.1 Å². The Hall–Kier alpha value is -1.40. The zero-order valence-electron chi connectivity index (χ0n) is 8.14. The lowest BCUT2D eigenvalue weighted by molar-refractivity contribution is 0.201. The molecule has 0 aliphatic carbocycles. The van der Waals surface area contributed by atoms with E-state index in [-0.39, 0.29) is 5.28 Å². The fourth-order valence-corrected chi connectivity index (χ4v) is 1.47. The minimum absolute atomic E-state index is 0.159. The van der Waals surface area contributed by atoms with E-state index in [0.29, 0.717) is 24.5 Å². The second kappa shape index (κ2) is 4.00. The maximum atomic E-state index is 5.79. The minimum atomic E-state index is 0.159. The number of halogens is 1. The minimum Gasteiger partial charge on any atom is -0.396 e. The molecule has 0 unspecified atom stereocenters. The SMILES string of the molecule is COCCc1c(N)cnc2nc(Cl)nn12. The third-order valence-electron chi connectivity index (χ3n) is 2.02. The fraction of sp³-hybridized carbons (Fsp3) is 0.375. The lowest BCUT2D eigenvalue weighted by atomic mass is 10.3. The van der Waals surface area contributed by atoms with Gasteiger partial charge in [0.1, 0.15) is 0 Å². The number of nitrogens with zero attached hydrogens (tertiary/aromatic N) is 4. The van der Waals surface area contributed by atoms with Crippen LogP contribution in [0.5, 0.6) is 0 Å². The zero-order valence-corrected chi connectivity index (χ0v) is 8.90. The summed E-state index contributed by atoms with van der Waals surface area (Å²) in [6.45, 7) is 0.556. The average Bonchev–Trinajstić information content (AvgIpc) is 2.57. The number of hydrogen-bond donors (Lipinski definition) is 1. The van der Waals surface area contributed by atoms with E-state index in [1.54, 1.807) is 13.3 Å². The molecule has 0 aromatic carbocycles. The van der Waals surface area contributed by atoms with Gasteiger partial charge in [-0.05, 0) is 11.6 Å². The van der Waals surface area contributed by atoms with Crippen molar-refractivity contribution in [3.8, 4) is 0 Å². The van der Waals surface area contributed by atoms with Crippen LogP contribution in [-0.4, -0.2) is 33.3 Å². The van der Waals surface area contributed by atoms with Crippen molar-refractivity contribution in [3.05, 3.63) is 17.2 Å². The van der Waals surface area contributed by atoms with Crippen molar-refractivity contribution < 1.29 is 4.74 Å². The summed E-state index contributed by atoms with van der Waals surface area (Å²) >= 11 is 5.69. The van der Waals surface area contributed by atoms with Crippen molar-refractivity contribution in [2.45, 2.75) is 6.42 Å². The predicted molar refractivity (Wildman–Crippen MR) is 55.8 cm³/mol. The number of rotatable bonds is 3. The molecule has 0 bridgehead atoms. The normalized spacial score (nSPS) is 11.1. The molecule has 0 spiro atoms. The third kappa shape index (κ3) is 1.86. The van der Waals surface area contributed by atoms with Crippen LogP contribution in [0.1, 0.15) is 5.69 Å². The van der Waals surface area contributed by atoms with Crippen molar-refractivity contribution in [2.75, 3.05) is 19.5 Å². The highest BCUT2D eigenvalue weighted by molar-refractivity contribution is 6.28. The van der Waals surface area contributed by atoms with Crippen LogP contribution in [0.2, 0.25) is 5.28 Å². The summed E-state index contributed by atoms with van der Waals surface area (Å²) in [5, 5.41) is 4.16. The van der Waals surface area contributed by atoms with Gasteiger partial charge in [-0.2, -0.15) is 9.50 Å². The molecule has 2 aromatic rings. The van der Waals surface area contributed by atoms with E-state index in [0.717, 1.165) is 5.69 Å². The Morgan fingerprint density at radius 2 is 2.40 bits per heavy atom. The maximum Gasteiger partial charge on any atom is 0.253 e. The first-order chi connectivity index (χ1) is 7.22. The number of ether oxygens (including phenoxy) is 1. The first-order valence-electron chi connectivity index (χ1n) is 4.37. The van der Waals surface area contributed by atoms with E-state index in [4.69, 9.17) is 22.1 Å². The van der Waals surface area contributed by atoms with E-state index in [1.165, 1.54) is 4.52 Å². The molecule has 80 valence electrons. The van der Waals surface area contributed by atoms with E-state index in [9.17, 15) is 0 Å². The van der Waals surface area contributed by atoms with Gasteiger partial charge in [-0.1, -0.05) is 0 Å². The molecule has 2 aromatic heterocycles. The largest absolute Gasteiger partial charge is 0.396 e. The van der Waals surface area contributed by atoms with Crippen molar-refractivity contribution in [1.29, 1.82) is 0 Å². The molecular weight excluding hydrogens is 218 g/mol. The highest BCUT2D eigenvalue weighted by Crippen LogP contribution is 2.13. The Labute approximate surface area is 91.0 Å². The smallest absolute Gasteiger partial charge is 0.253 e. The average molecular weight is 228 g/mol. The van der Waals surface area contributed by atoms with Crippen molar-refractivity contribution in [3.63, 3.8) is 0 Å². The number of nitrogens with two attached hydrogens (primary N) is 1. The van der Waals surface area contributed by atoms with E-state index >= 15 is 0 Å². The molecule has 0 aliphatic rings. The summed E-state index contributed by atoms with van der Waals surface area (Å²) in [6.07, 6.45) is 2.19. The van der Waals surface area contributed by atoms with E-state index < -0.39 is 0 Å². The summed E-state index contributed by atoms with van der Waals surface area (Å²) in [5.41, 5.74) is 7.15. The molecule has 0 saturated carbocycles. The number of methoxy groups -OCH3 is 1. The third-order valence-corrected chi connectivity index (χ3v) is 2.18. The topological polar surface area (TPSA) is 78.3 Å². The molecule has 2 heterocycles. The van der Waals surface area contributed by atoms with Gasteiger partial charge in [-0.15, -0.1) is 5.10 Å². The van der Waals surface area contributed by atoms with Gasteiger partial charge in [0.2, 0.25) is 5.28 Å². The monoisotopic (exact) mass is 227 g/mol. The van der Waals surface area contributed by atoms with Crippen molar-refractivity contribution in [2.24, 2.45) is 0 Å². The molecule has 6 nitrogen and oxygen atoms in total. The summed E-state index contributed by atoms with van der Waals surface area (Å²) in [6, 6.07) is 0. The van der Waals surface area contributed by atoms with Crippen LogP contribution in [0, 0.1) is 0 Å². The fourth-order valence-electron chi connectivity index (χ4n) is 1.32. The first kappa shape index (κ1) is 10.1. The molecule has 0 aliphatic heterocycles. The molecule has 0 atom stereocenters. The maximum absolute atomic E-state index is 5.79. The van der Waals surface area contributed by atoms with Gasteiger partial charge >= 0.3 is 0 Å². The van der Waals surface area contributed by atoms with Crippen molar-refractivity contribution >= 4 is 23.1 Å². The van der Waals surface area contributed by atoms with Crippen LogP contribution in [-0.2, 0) is 11.2 Å². The van der Waals surface area contributed by atoms with Gasteiger partial charge < -0.3 is 10.5 Å². The molecule has 0 amide bonds. The lowest BCUT2D eigenvalue weighted by Gasteiger charge is -2.05. The Morgan fingerprint density at radius 1 is 1.60 bits per heavy atom. The number of nitrogen functional groups attached to an aromatic ring is 1.